The summed E-state index contributed by atoms with van der Waals surface area (Å²) >= 11 is 6.23. The molecule has 1 aromatic carbocycles. The van der Waals surface area contributed by atoms with Gasteiger partial charge in [0.05, 0.1) is 13.2 Å². The maximum absolute atomic E-state index is 12.1. The van der Waals surface area contributed by atoms with Crippen LogP contribution in [0.4, 0.5) is 0 Å². The van der Waals surface area contributed by atoms with Gasteiger partial charge >= 0.3 is 5.69 Å². The number of nitrogens with zero attached hydrogens (tertiary/aromatic N) is 1. The highest BCUT2D eigenvalue weighted by Crippen LogP contribution is 2.29. The summed E-state index contributed by atoms with van der Waals surface area (Å²) in [5.41, 5.74) is 1.43. The van der Waals surface area contributed by atoms with Crippen molar-refractivity contribution in [2.45, 2.75) is 52.1 Å². The van der Waals surface area contributed by atoms with E-state index in [1.165, 1.54) is 23.8 Å². The molecule has 1 atom stereocenters. The molecule has 0 aliphatic carbocycles. The van der Waals surface area contributed by atoms with E-state index < -0.39 is 5.69 Å². The maximum atomic E-state index is 12.1. The Morgan fingerprint density at radius 2 is 2.04 bits per heavy atom. The maximum Gasteiger partial charge on any atom is 0.328 e. The lowest BCUT2D eigenvalue weighted by Gasteiger charge is -2.24. The fraction of sp³-hybridized carbons (Fsp3) is 0.500. The van der Waals surface area contributed by atoms with Gasteiger partial charge in [0.2, 0.25) is 0 Å². The average Bonchev–Trinajstić information content (AvgIpc) is 2.62. The molecule has 1 saturated heterocycles. The van der Waals surface area contributed by atoms with Crippen molar-refractivity contribution in [3.8, 4) is 5.75 Å². The van der Waals surface area contributed by atoms with Gasteiger partial charge in [0.15, 0.2) is 0 Å². The molecule has 2 N–H and O–H groups in total. The number of piperidine rings is 1. The minimum atomic E-state index is -0.444. The summed E-state index contributed by atoms with van der Waals surface area (Å²) in [6, 6.07) is 4.18. The molecule has 2 aromatic rings. The van der Waals surface area contributed by atoms with Crippen LogP contribution < -0.4 is 21.3 Å². The van der Waals surface area contributed by atoms with E-state index in [0.29, 0.717) is 23.2 Å². The number of H-pyrrole nitrogens is 1. The molecule has 1 fully saturated rings. The van der Waals surface area contributed by atoms with Gasteiger partial charge in [0.1, 0.15) is 5.75 Å². The summed E-state index contributed by atoms with van der Waals surface area (Å²) in [6.07, 6.45) is 6.19. The van der Waals surface area contributed by atoms with Crippen molar-refractivity contribution in [2.75, 3.05) is 13.2 Å². The number of hydrogen-bond donors (Lipinski definition) is 2. The molecule has 0 bridgehead atoms. The van der Waals surface area contributed by atoms with Crippen molar-refractivity contribution in [3.05, 3.63) is 60.9 Å². The summed E-state index contributed by atoms with van der Waals surface area (Å²) in [5.74, 6) is 0.756. The van der Waals surface area contributed by atoms with Crippen molar-refractivity contribution in [1.29, 1.82) is 0 Å². The van der Waals surface area contributed by atoms with Crippen LogP contribution in [0.5, 0.6) is 5.75 Å². The third kappa shape index (κ3) is 5.02. The molecular weight excluding hydrogens is 366 g/mol. The van der Waals surface area contributed by atoms with Crippen LogP contribution in [0.2, 0.25) is 5.02 Å². The highest BCUT2D eigenvalue weighted by molar-refractivity contribution is 6.30. The molecule has 27 heavy (non-hydrogen) atoms. The highest BCUT2D eigenvalue weighted by Gasteiger charge is 2.15. The number of aromatic nitrogens is 2. The molecule has 1 aromatic heterocycles. The van der Waals surface area contributed by atoms with E-state index >= 15 is 0 Å². The number of halogens is 1. The van der Waals surface area contributed by atoms with Gasteiger partial charge in [0.25, 0.3) is 5.56 Å². The monoisotopic (exact) mass is 391 g/mol. The molecule has 6 nitrogen and oxygen atoms in total. The molecule has 1 unspecified atom stereocenters. The average molecular weight is 392 g/mol. The molecule has 0 saturated carbocycles. The summed E-state index contributed by atoms with van der Waals surface area (Å²) in [5, 5.41) is 4.12. The van der Waals surface area contributed by atoms with Crippen LogP contribution in [0.15, 0.2) is 27.9 Å². The van der Waals surface area contributed by atoms with Gasteiger partial charge in [-0.3, -0.25) is 14.3 Å². The van der Waals surface area contributed by atoms with Crippen LogP contribution in [-0.4, -0.2) is 28.7 Å². The van der Waals surface area contributed by atoms with E-state index in [2.05, 4.69) is 10.3 Å². The molecule has 0 spiro atoms. The molecular formula is C20H26ClN3O3. The minimum absolute atomic E-state index is 0.287. The van der Waals surface area contributed by atoms with Crippen molar-refractivity contribution in [2.24, 2.45) is 0 Å². The van der Waals surface area contributed by atoms with Gasteiger partial charge in [-0.15, -0.1) is 0 Å². The Morgan fingerprint density at radius 1 is 1.22 bits per heavy atom. The Morgan fingerprint density at radius 3 is 2.78 bits per heavy atom. The van der Waals surface area contributed by atoms with Crippen molar-refractivity contribution < 1.29 is 4.74 Å². The normalized spacial score (nSPS) is 17.1. The van der Waals surface area contributed by atoms with Crippen LogP contribution in [0.1, 0.15) is 42.4 Å². The van der Waals surface area contributed by atoms with E-state index in [1.807, 2.05) is 19.1 Å². The fourth-order valence-electron chi connectivity index (χ4n) is 3.52. The summed E-state index contributed by atoms with van der Waals surface area (Å²) < 4.78 is 7.58. The Labute approximate surface area is 163 Å². The molecule has 2 heterocycles. The molecule has 7 heteroatoms. The molecule has 146 valence electrons. The van der Waals surface area contributed by atoms with Crippen molar-refractivity contribution in [3.63, 3.8) is 0 Å². The summed E-state index contributed by atoms with van der Waals surface area (Å²) in [7, 11) is 0. The van der Waals surface area contributed by atoms with Gasteiger partial charge in [-0.1, -0.05) is 18.0 Å². The Bertz CT molecular complexity index is 914. The molecule has 3 rings (SSSR count). The summed E-state index contributed by atoms with van der Waals surface area (Å²) in [6.45, 7) is 5.59. The van der Waals surface area contributed by atoms with Gasteiger partial charge in [-0.05, 0) is 57.4 Å². The lowest BCUT2D eigenvalue weighted by molar-refractivity contribution is 0.264. The second-order valence-corrected chi connectivity index (χ2v) is 7.63. The topological polar surface area (TPSA) is 76.1 Å². The Hall–Kier alpha value is -2.05. The Kier molecular flexibility index (Phi) is 6.39. The lowest BCUT2D eigenvalue weighted by atomic mass is 10.0. The van der Waals surface area contributed by atoms with Crippen molar-refractivity contribution >= 4 is 11.6 Å². The van der Waals surface area contributed by atoms with Crippen LogP contribution >= 0.6 is 11.6 Å². The second-order valence-electron chi connectivity index (χ2n) is 7.19. The Balaban J connectivity index is 1.79. The first-order valence-corrected chi connectivity index (χ1v) is 9.77. The number of aryl methyl sites for hydroxylation is 2. The van der Waals surface area contributed by atoms with Crippen molar-refractivity contribution in [1.82, 2.24) is 14.9 Å². The molecule has 1 aliphatic rings. The zero-order chi connectivity index (χ0) is 19.4. The number of aromatic amines is 1. The number of ether oxygens (including phenoxy) is 1. The highest BCUT2D eigenvalue weighted by atomic mass is 35.5. The predicted molar refractivity (Wildman–Crippen MR) is 107 cm³/mol. The largest absolute Gasteiger partial charge is 0.493 e. The van der Waals surface area contributed by atoms with E-state index in [-0.39, 0.29) is 12.1 Å². The fourth-order valence-corrected chi connectivity index (χ4v) is 3.81. The van der Waals surface area contributed by atoms with Crippen LogP contribution in [0.3, 0.4) is 0 Å². The van der Waals surface area contributed by atoms with Crippen LogP contribution in [-0.2, 0) is 6.54 Å². The molecule has 0 amide bonds. The number of hydrogen-bond acceptors (Lipinski definition) is 4. The van der Waals surface area contributed by atoms with Gasteiger partial charge in [-0.2, -0.15) is 0 Å². The standard InChI is InChI=1S/C20H26ClN3O3/c1-13-9-16(21)10-15(12-24-11-14(2)19(25)23-20(24)26)18(13)27-8-6-17-5-3-4-7-22-17/h9-11,17,22H,3-8,12H2,1-2H3,(H,23,25,26). The number of nitrogens with one attached hydrogen (secondary N) is 2. The quantitative estimate of drug-likeness (QED) is 0.793. The number of rotatable bonds is 6. The lowest BCUT2D eigenvalue weighted by Crippen LogP contribution is -2.35. The van der Waals surface area contributed by atoms with Crippen LogP contribution in [0, 0.1) is 13.8 Å². The van der Waals surface area contributed by atoms with E-state index in [1.54, 1.807) is 13.1 Å². The van der Waals surface area contributed by atoms with Gasteiger partial charge < -0.3 is 10.1 Å². The first kappa shape index (κ1) is 19.7. The minimum Gasteiger partial charge on any atom is -0.493 e. The van der Waals surface area contributed by atoms with E-state index in [9.17, 15) is 9.59 Å². The molecule has 1 aliphatic heterocycles. The smallest absolute Gasteiger partial charge is 0.328 e. The third-order valence-corrected chi connectivity index (χ3v) is 5.19. The number of benzene rings is 1. The van der Waals surface area contributed by atoms with E-state index in [0.717, 1.165) is 29.8 Å². The first-order chi connectivity index (χ1) is 12.9. The predicted octanol–water partition coefficient (Wildman–Crippen LogP) is 2.77. The van der Waals surface area contributed by atoms with Gasteiger partial charge in [-0.25, -0.2) is 4.79 Å². The molecule has 0 radical (unpaired) electrons. The van der Waals surface area contributed by atoms with Gasteiger partial charge in [0, 0.05) is 28.4 Å². The zero-order valence-electron chi connectivity index (χ0n) is 15.8. The van der Waals surface area contributed by atoms with E-state index in [4.69, 9.17) is 16.3 Å². The SMILES string of the molecule is Cc1cc(Cl)cc(Cn2cc(C)c(=O)[nH]c2=O)c1OCCC1CCCCN1. The second kappa shape index (κ2) is 8.76. The first-order valence-electron chi connectivity index (χ1n) is 9.39. The third-order valence-electron chi connectivity index (χ3n) is 4.97. The van der Waals surface area contributed by atoms with Crippen LogP contribution in [0.25, 0.3) is 0 Å². The summed E-state index contributed by atoms with van der Waals surface area (Å²) in [4.78, 5) is 26.0. The zero-order valence-corrected chi connectivity index (χ0v) is 16.6.